The summed E-state index contributed by atoms with van der Waals surface area (Å²) in [6.45, 7) is 0. The first-order chi connectivity index (χ1) is 8.27. The zero-order valence-electron chi connectivity index (χ0n) is 8.21. The fraction of sp³-hybridized carbons (Fsp3) is 0.333. The number of hydrogen-bond acceptors (Lipinski definition) is 8. The summed E-state index contributed by atoms with van der Waals surface area (Å²) in [7, 11) is 2.33. The second-order valence-electron chi connectivity index (χ2n) is 2.44. The van der Waals surface area contributed by atoms with Crippen molar-refractivity contribution >= 4 is 65.1 Å². The first-order valence-corrected chi connectivity index (χ1v) is 8.78. The molecular weight excluding hydrogens is 328 g/mol. The molecule has 0 saturated heterocycles. The second kappa shape index (κ2) is 8.39. The molecule has 0 radical (unpaired) electrons. The Morgan fingerprint density at radius 1 is 0.611 bits per heavy atom. The van der Waals surface area contributed by atoms with Crippen LogP contribution in [0.4, 0.5) is 0 Å². The summed E-state index contributed by atoms with van der Waals surface area (Å²) in [6.07, 6.45) is 0. The summed E-state index contributed by atoms with van der Waals surface area (Å²) in [5.74, 6) is -6.17. The van der Waals surface area contributed by atoms with Crippen molar-refractivity contribution in [3.8, 4) is 0 Å². The average molecular weight is 334 g/mol. The minimum absolute atomic E-state index is 0.477. The standard InChI is InChI=1S/C6H6O8S4/c7-3(8)1(4(9)10)15-17-18-16-2(5(11)12)6(13)14/h1-2H,(H,7,8)(H,9,10)(H,11,12)(H,13,14). The molecule has 0 aliphatic carbocycles. The number of aliphatic carboxylic acids is 4. The van der Waals surface area contributed by atoms with Gasteiger partial charge in [0.15, 0.2) is 0 Å². The maximum absolute atomic E-state index is 10.5. The van der Waals surface area contributed by atoms with Crippen LogP contribution < -0.4 is 0 Å². The van der Waals surface area contributed by atoms with E-state index in [2.05, 4.69) is 0 Å². The van der Waals surface area contributed by atoms with E-state index in [4.69, 9.17) is 20.4 Å². The number of carbonyl (C=O) groups is 4. The quantitative estimate of drug-likeness (QED) is 0.267. The van der Waals surface area contributed by atoms with Crippen molar-refractivity contribution in [1.82, 2.24) is 0 Å². The maximum Gasteiger partial charge on any atom is 0.329 e. The smallest absolute Gasteiger partial charge is 0.329 e. The van der Waals surface area contributed by atoms with Crippen molar-refractivity contribution in [1.29, 1.82) is 0 Å². The van der Waals surface area contributed by atoms with E-state index in [0.29, 0.717) is 41.2 Å². The van der Waals surface area contributed by atoms with Gasteiger partial charge >= 0.3 is 23.9 Å². The van der Waals surface area contributed by atoms with Crippen LogP contribution in [0.3, 0.4) is 0 Å². The topological polar surface area (TPSA) is 149 Å². The third-order valence-electron chi connectivity index (χ3n) is 1.20. The Kier molecular flexibility index (Phi) is 8.06. The van der Waals surface area contributed by atoms with E-state index in [-0.39, 0.29) is 0 Å². The SMILES string of the molecule is O=C(O)C(SSSSC(C(=O)O)C(=O)O)C(=O)O. The lowest BCUT2D eigenvalue weighted by Crippen LogP contribution is -2.25. The molecule has 0 aromatic heterocycles. The lowest BCUT2D eigenvalue weighted by molar-refractivity contribution is -0.148. The van der Waals surface area contributed by atoms with Gasteiger partial charge < -0.3 is 20.4 Å². The van der Waals surface area contributed by atoms with Crippen LogP contribution in [0.1, 0.15) is 0 Å². The van der Waals surface area contributed by atoms with Gasteiger partial charge in [0.05, 0.1) is 0 Å². The van der Waals surface area contributed by atoms with Gasteiger partial charge in [0.1, 0.15) is 0 Å². The van der Waals surface area contributed by atoms with Gasteiger partial charge in [-0.05, 0) is 19.7 Å². The molecule has 0 fully saturated rings. The molecule has 0 heterocycles. The molecular formula is C6H6O8S4. The van der Waals surface area contributed by atoms with Crippen molar-refractivity contribution in [3.05, 3.63) is 0 Å². The van der Waals surface area contributed by atoms with E-state index in [1.807, 2.05) is 0 Å². The Hall–Kier alpha value is -0.720. The normalized spacial score (nSPS) is 10.6. The van der Waals surface area contributed by atoms with Gasteiger partial charge in [-0.1, -0.05) is 21.6 Å². The van der Waals surface area contributed by atoms with Crippen molar-refractivity contribution in [3.63, 3.8) is 0 Å². The highest BCUT2D eigenvalue weighted by Crippen LogP contribution is 2.46. The summed E-state index contributed by atoms with van der Waals surface area (Å²) < 4.78 is 0. The molecule has 8 nitrogen and oxygen atoms in total. The van der Waals surface area contributed by atoms with Crippen molar-refractivity contribution < 1.29 is 39.6 Å². The van der Waals surface area contributed by atoms with Crippen LogP contribution in [0, 0.1) is 0 Å². The van der Waals surface area contributed by atoms with Gasteiger partial charge in [-0.2, -0.15) is 0 Å². The Balaban J connectivity index is 4.12. The third-order valence-corrected chi connectivity index (χ3v) is 7.81. The molecule has 0 amide bonds. The van der Waals surface area contributed by atoms with Crippen molar-refractivity contribution in [2.45, 2.75) is 10.5 Å². The molecule has 0 aromatic carbocycles. The highest BCUT2D eigenvalue weighted by Gasteiger charge is 2.29. The minimum atomic E-state index is -1.70. The average Bonchev–Trinajstić information content (AvgIpc) is 2.20. The molecule has 0 saturated carbocycles. The first kappa shape index (κ1) is 17.3. The third kappa shape index (κ3) is 6.28. The summed E-state index contributed by atoms with van der Waals surface area (Å²) in [6, 6.07) is 0. The van der Waals surface area contributed by atoms with E-state index >= 15 is 0 Å². The number of carboxylic acid groups (broad SMARTS) is 4. The van der Waals surface area contributed by atoms with Crippen LogP contribution in [0.5, 0.6) is 0 Å². The Morgan fingerprint density at radius 2 is 0.833 bits per heavy atom. The largest absolute Gasteiger partial charge is 0.480 e. The summed E-state index contributed by atoms with van der Waals surface area (Å²) >= 11 is 0. The molecule has 0 aliphatic heterocycles. The van der Waals surface area contributed by atoms with E-state index in [0.717, 1.165) is 0 Å². The van der Waals surface area contributed by atoms with E-state index < -0.39 is 34.4 Å². The molecule has 0 rings (SSSR count). The molecule has 0 aliphatic rings. The maximum atomic E-state index is 10.5. The van der Waals surface area contributed by atoms with Gasteiger partial charge in [0.25, 0.3) is 0 Å². The molecule has 0 bridgehead atoms. The number of rotatable bonds is 9. The molecule has 102 valence electrons. The lowest BCUT2D eigenvalue weighted by Gasteiger charge is -2.07. The Morgan fingerprint density at radius 3 is 1.00 bits per heavy atom. The molecule has 4 N–H and O–H groups in total. The molecule has 0 aromatic rings. The van der Waals surface area contributed by atoms with Crippen LogP contribution in [0.25, 0.3) is 0 Å². The van der Waals surface area contributed by atoms with Crippen molar-refractivity contribution in [2.75, 3.05) is 0 Å². The highest BCUT2D eigenvalue weighted by molar-refractivity contribution is 9.26. The fourth-order valence-corrected chi connectivity index (χ4v) is 6.41. The molecule has 12 heteroatoms. The fourth-order valence-electron chi connectivity index (χ4n) is 0.487. The Bertz CT molecular complexity index is 295. The summed E-state index contributed by atoms with van der Waals surface area (Å²) in [4.78, 5) is 41.9. The predicted octanol–water partition coefficient (Wildman–Crippen LogP) is 0.740. The minimum Gasteiger partial charge on any atom is -0.480 e. The molecule has 18 heavy (non-hydrogen) atoms. The van der Waals surface area contributed by atoms with E-state index in [9.17, 15) is 19.2 Å². The zero-order chi connectivity index (χ0) is 14.3. The summed E-state index contributed by atoms with van der Waals surface area (Å²) in [5.41, 5.74) is 0. The highest BCUT2D eigenvalue weighted by atomic mass is 33.7. The van der Waals surface area contributed by atoms with Crippen molar-refractivity contribution in [2.24, 2.45) is 0 Å². The molecule has 0 atom stereocenters. The summed E-state index contributed by atoms with van der Waals surface area (Å²) in [5, 5.41) is 30.6. The van der Waals surface area contributed by atoms with Crippen LogP contribution in [0.15, 0.2) is 0 Å². The zero-order valence-corrected chi connectivity index (χ0v) is 11.5. The van der Waals surface area contributed by atoms with Gasteiger partial charge in [0, 0.05) is 0 Å². The van der Waals surface area contributed by atoms with Crippen LogP contribution in [0.2, 0.25) is 0 Å². The lowest BCUT2D eigenvalue weighted by atomic mass is 10.4. The Labute approximate surface area is 115 Å². The van der Waals surface area contributed by atoms with Crippen LogP contribution in [-0.4, -0.2) is 54.8 Å². The molecule has 0 unspecified atom stereocenters. The van der Waals surface area contributed by atoms with E-state index in [1.165, 1.54) is 0 Å². The van der Waals surface area contributed by atoms with Gasteiger partial charge in [0.2, 0.25) is 10.5 Å². The first-order valence-electron chi connectivity index (χ1n) is 3.84. The van der Waals surface area contributed by atoms with Crippen LogP contribution in [-0.2, 0) is 19.2 Å². The second-order valence-corrected chi connectivity index (χ2v) is 8.46. The predicted molar refractivity (Wildman–Crippen MR) is 68.5 cm³/mol. The van der Waals surface area contributed by atoms with Gasteiger partial charge in [-0.3, -0.25) is 19.2 Å². The monoisotopic (exact) mass is 334 g/mol. The van der Waals surface area contributed by atoms with E-state index in [1.54, 1.807) is 0 Å². The van der Waals surface area contributed by atoms with Gasteiger partial charge in [-0.15, -0.1) is 0 Å². The van der Waals surface area contributed by atoms with Gasteiger partial charge in [-0.25, -0.2) is 0 Å². The number of carboxylic acids is 4. The van der Waals surface area contributed by atoms with Crippen LogP contribution >= 0.6 is 41.2 Å². The number of hydrogen-bond donors (Lipinski definition) is 4. The molecule has 0 spiro atoms.